The molecule has 0 spiro atoms. The van der Waals surface area contributed by atoms with Gasteiger partial charge in [0, 0.05) is 7.05 Å². The lowest BCUT2D eigenvalue weighted by Gasteiger charge is -2.29. The molecule has 0 saturated carbocycles. The van der Waals surface area contributed by atoms with Gasteiger partial charge in [0.15, 0.2) is 0 Å². The minimum Gasteiger partial charge on any atom is -0.339 e. The number of piperazine rings is 1. The van der Waals surface area contributed by atoms with Crippen LogP contribution in [0.3, 0.4) is 0 Å². The Bertz CT molecular complexity index is 447. The van der Waals surface area contributed by atoms with E-state index in [0.29, 0.717) is 5.56 Å². The number of likely N-dealkylation sites (N-methyl/N-ethyl adjacent to an activating group) is 1. The summed E-state index contributed by atoms with van der Waals surface area (Å²) < 4.78 is 13.0. The fourth-order valence-electron chi connectivity index (χ4n) is 1.69. The molecule has 0 radical (unpaired) electrons. The number of hydrogen-bond acceptors (Lipinski definition) is 2. The third-order valence-electron chi connectivity index (χ3n) is 2.49. The van der Waals surface area contributed by atoms with Crippen LogP contribution in [0, 0.1) is 5.82 Å². The Morgan fingerprint density at radius 1 is 1.44 bits per heavy atom. The highest BCUT2D eigenvalue weighted by atomic mass is 19.1. The number of carbonyl (C=O) groups excluding carboxylic acids is 2. The Hall–Kier alpha value is -1.91. The fraction of sp³-hybridized carbons (Fsp3) is 0.273. The summed E-state index contributed by atoms with van der Waals surface area (Å²) in [5.41, 5.74) is 0.463. The van der Waals surface area contributed by atoms with Crippen LogP contribution in [-0.2, 0) is 9.59 Å². The molecule has 2 rings (SSSR count). The molecule has 1 aliphatic heterocycles. The van der Waals surface area contributed by atoms with E-state index in [4.69, 9.17) is 0 Å². The van der Waals surface area contributed by atoms with Gasteiger partial charge in [-0.3, -0.25) is 9.59 Å². The third kappa shape index (κ3) is 1.88. The van der Waals surface area contributed by atoms with Crippen molar-refractivity contribution in [2.45, 2.75) is 6.04 Å². The summed E-state index contributed by atoms with van der Waals surface area (Å²) in [6.07, 6.45) is 0. The lowest BCUT2D eigenvalue weighted by atomic mass is 10.0. The van der Waals surface area contributed by atoms with Crippen LogP contribution >= 0.6 is 0 Å². The summed E-state index contributed by atoms with van der Waals surface area (Å²) in [6.45, 7) is 0.0463. The molecular weight excluding hydrogens is 211 g/mol. The van der Waals surface area contributed by atoms with Crippen LogP contribution in [0.15, 0.2) is 24.3 Å². The van der Waals surface area contributed by atoms with Crippen molar-refractivity contribution >= 4 is 11.8 Å². The van der Waals surface area contributed by atoms with Gasteiger partial charge in [0.1, 0.15) is 11.9 Å². The summed E-state index contributed by atoms with van der Waals surface area (Å²) in [5.74, 6) is -0.894. The third-order valence-corrected chi connectivity index (χ3v) is 2.49. The van der Waals surface area contributed by atoms with Gasteiger partial charge in [0.25, 0.3) is 0 Å². The molecule has 0 aliphatic carbocycles. The first kappa shape index (κ1) is 10.6. The van der Waals surface area contributed by atoms with Gasteiger partial charge in [-0.15, -0.1) is 0 Å². The van der Waals surface area contributed by atoms with Gasteiger partial charge < -0.3 is 10.2 Å². The molecule has 4 nitrogen and oxygen atoms in total. The first-order valence-corrected chi connectivity index (χ1v) is 4.88. The predicted molar refractivity (Wildman–Crippen MR) is 54.9 cm³/mol. The van der Waals surface area contributed by atoms with Gasteiger partial charge in [-0.2, -0.15) is 0 Å². The average Bonchev–Trinajstić information content (AvgIpc) is 2.23. The highest BCUT2D eigenvalue weighted by molar-refractivity contribution is 5.95. The quantitative estimate of drug-likeness (QED) is 0.750. The first-order chi connectivity index (χ1) is 7.58. The van der Waals surface area contributed by atoms with Crippen LogP contribution in [0.5, 0.6) is 0 Å². The first-order valence-electron chi connectivity index (χ1n) is 4.88. The van der Waals surface area contributed by atoms with Crippen LogP contribution in [0.25, 0.3) is 0 Å². The van der Waals surface area contributed by atoms with Crippen molar-refractivity contribution in [2.75, 3.05) is 13.6 Å². The molecule has 0 aromatic heterocycles. The second-order valence-electron chi connectivity index (χ2n) is 3.75. The van der Waals surface area contributed by atoms with E-state index in [1.807, 2.05) is 0 Å². The van der Waals surface area contributed by atoms with Crippen molar-refractivity contribution < 1.29 is 14.0 Å². The number of nitrogens with zero attached hydrogens (tertiary/aromatic N) is 1. The van der Waals surface area contributed by atoms with E-state index in [1.54, 1.807) is 13.1 Å². The van der Waals surface area contributed by atoms with Crippen molar-refractivity contribution in [3.05, 3.63) is 35.6 Å². The summed E-state index contributed by atoms with van der Waals surface area (Å²) in [4.78, 5) is 24.4. The minimum atomic E-state index is -0.776. The zero-order valence-electron chi connectivity index (χ0n) is 8.74. The van der Waals surface area contributed by atoms with E-state index < -0.39 is 11.9 Å². The van der Waals surface area contributed by atoms with Crippen molar-refractivity contribution in [2.24, 2.45) is 0 Å². The summed E-state index contributed by atoms with van der Waals surface area (Å²) in [7, 11) is 1.55. The largest absolute Gasteiger partial charge is 0.339 e. The Kier molecular flexibility index (Phi) is 2.60. The maximum atomic E-state index is 13.0. The van der Waals surface area contributed by atoms with Gasteiger partial charge in [-0.1, -0.05) is 12.1 Å². The second kappa shape index (κ2) is 3.92. The van der Waals surface area contributed by atoms with E-state index in [2.05, 4.69) is 5.32 Å². The summed E-state index contributed by atoms with van der Waals surface area (Å²) >= 11 is 0. The molecule has 1 N–H and O–H groups in total. The maximum absolute atomic E-state index is 13.0. The highest BCUT2D eigenvalue weighted by Crippen LogP contribution is 2.18. The van der Waals surface area contributed by atoms with E-state index in [1.165, 1.54) is 23.1 Å². The zero-order chi connectivity index (χ0) is 11.7. The lowest BCUT2D eigenvalue weighted by molar-refractivity contribution is -0.143. The van der Waals surface area contributed by atoms with E-state index in [0.717, 1.165) is 0 Å². The molecule has 0 unspecified atom stereocenters. The van der Waals surface area contributed by atoms with Crippen LogP contribution in [-0.4, -0.2) is 30.3 Å². The number of benzene rings is 1. The van der Waals surface area contributed by atoms with Crippen molar-refractivity contribution in [3.8, 4) is 0 Å². The normalized spacial score (nSPS) is 20.9. The van der Waals surface area contributed by atoms with Crippen LogP contribution in [0.2, 0.25) is 0 Å². The Morgan fingerprint density at radius 2 is 2.19 bits per heavy atom. The van der Waals surface area contributed by atoms with Crippen LogP contribution in [0.1, 0.15) is 11.6 Å². The Morgan fingerprint density at radius 3 is 2.88 bits per heavy atom. The number of rotatable bonds is 1. The topological polar surface area (TPSA) is 49.4 Å². The molecule has 1 aromatic carbocycles. The molecule has 84 valence electrons. The lowest BCUT2D eigenvalue weighted by Crippen LogP contribution is -2.51. The van der Waals surface area contributed by atoms with Crippen LogP contribution < -0.4 is 5.32 Å². The molecule has 2 amide bonds. The van der Waals surface area contributed by atoms with Crippen molar-refractivity contribution in [1.82, 2.24) is 10.2 Å². The molecular formula is C11H11FN2O2. The minimum absolute atomic E-state index is 0.0463. The Labute approximate surface area is 92.0 Å². The monoisotopic (exact) mass is 222 g/mol. The van der Waals surface area contributed by atoms with Gasteiger partial charge in [0.05, 0.1) is 6.54 Å². The number of nitrogens with one attached hydrogen (secondary N) is 1. The fourth-order valence-corrected chi connectivity index (χ4v) is 1.69. The number of carbonyl (C=O) groups is 2. The molecule has 1 aliphatic rings. The predicted octanol–water partition coefficient (Wildman–Crippen LogP) is 0.455. The highest BCUT2D eigenvalue weighted by Gasteiger charge is 2.31. The van der Waals surface area contributed by atoms with E-state index in [9.17, 15) is 14.0 Å². The number of halogens is 1. The molecule has 1 fully saturated rings. The maximum Gasteiger partial charge on any atom is 0.250 e. The number of amides is 2. The average molecular weight is 222 g/mol. The molecule has 0 bridgehead atoms. The van der Waals surface area contributed by atoms with Gasteiger partial charge in [-0.05, 0) is 17.7 Å². The molecule has 16 heavy (non-hydrogen) atoms. The smallest absolute Gasteiger partial charge is 0.250 e. The van der Waals surface area contributed by atoms with Gasteiger partial charge in [0.2, 0.25) is 11.8 Å². The molecule has 5 heteroatoms. The van der Waals surface area contributed by atoms with Gasteiger partial charge in [-0.25, -0.2) is 4.39 Å². The molecule has 1 aromatic rings. The Balaban J connectivity index is 2.32. The second-order valence-corrected chi connectivity index (χ2v) is 3.75. The van der Waals surface area contributed by atoms with Crippen molar-refractivity contribution in [1.29, 1.82) is 0 Å². The SMILES string of the molecule is CN1CC(=O)N[C@@H](c2cccc(F)c2)C1=O. The summed E-state index contributed by atoms with van der Waals surface area (Å²) in [5, 5.41) is 2.54. The van der Waals surface area contributed by atoms with E-state index in [-0.39, 0.29) is 18.4 Å². The van der Waals surface area contributed by atoms with E-state index >= 15 is 0 Å². The number of hydrogen-bond donors (Lipinski definition) is 1. The molecule has 1 saturated heterocycles. The van der Waals surface area contributed by atoms with Gasteiger partial charge >= 0.3 is 0 Å². The standard InChI is InChI=1S/C11H11FN2O2/c1-14-6-9(15)13-10(11(14)16)7-3-2-4-8(12)5-7/h2-5,10H,6H2,1H3,(H,13,15)/t10-/m0/s1. The molecule has 1 heterocycles. The zero-order valence-corrected chi connectivity index (χ0v) is 8.74. The van der Waals surface area contributed by atoms with Crippen molar-refractivity contribution in [3.63, 3.8) is 0 Å². The summed E-state index contributed by atoms with van der Waals surface area (Å²) in [6, 6.07) is 4.90. The molecule has 1 atom stereocenters. The van der Waals surface area contributed by atoms with Crippen LogP contribution in [0.4, 0.5) is 4.39 Å².